The number of halogens is 1. The lowest BCUT2D eigenvalue weighted by Gasteiger charge is -2.28. The monoisotopic (exact) mass is 235 g/mol. The van der Waals surface area contributed by atoms with Gasteiger partial charge in [0.1, 0.15) is 5.82 Å². The summed E-state index contributed by atoms with van der Waals surface area (Å²) < 4.78 is 13.7. The fourth-order valence-corrected chi connectivity index (χ4v) is 3.09. The molecule has 1 nitrogen and oxygen atoms in total. The van der Waals surface area contributed by atoms with Gasteiger partial charge in [-0.05, 0) is 42.5 Å². The number of hydrogen-bond acceptors (Lipinski definition) is 1. The zero-order chi connectivity index (χ0) is 12.4. The minimum atomic E-state index is -0.0241. The van der Waals surface area contributed by atoms with Crippen LogP contribution in [-0.4, -0.2) is 12.6 Å². The van der Waals surface area contributed by atoms with Crippen molar-refractivity contribution in [1.82, 2.24) is 5.32 Å². The molecule has 1 aliphatic rings. The molecular formula is C15H22FN. The van der Waals surface area contributed by atoms with Crippen LogP contribution < -0.4 is 5.32 Å². The molecule has 1 aromatic rings. The molecule has 0 aromatic heterocycles. The van der Waals surface area contributed by atoms with E-state index in [1.54, 1.807) is 6.07 Å². The van der Waals surface area contributed by atoms with E-state index in [2.05, 4.69) is 32.2 Å². The van der Waals surface area contributed by atoms with Crippen molar-refractivity contribution in [1.29, 1.82) is 0 Å². The molecule has 0 saturated carbocycles. The Morgan fingerprint density at radius 1 is 1.41 bits per heavy atom. The van der Waals surface area contributed by atoms with E-state index in [9.17, 15) is 4.39 Å². The molecule has 17 heavy (non-hydrogen) atoms. The van der Waals surface area contributed by atoms with Crippen LogP contribution in [0.3, 0.4) is 0 Å². The van der Waals surface area contributed by atoms with Crippen LogP contribution in [0.25, 0.3) is 0 Å². The summed E-state index contributed by atoms with van der Waals surface area (Å²) in [6.07, 6.45) is 1.97. The van der Waals surface area contributed by atoms with Crippen molar-refractivity contribution >= 4 is 0 Å². The number of fused-ring (bicyclic) bond motifs is 1. The van der Waals surface area contributed by atoms with Crippen LogP contribution in [0.15, 0.2) is 18.2 Å². The topological polar surface area (TPSA) is 12.0 Å². The average Bonchev–Trinajstić information content (AvgIpc) is 2.70. The second kappa shape index (κ2) is 5.18. The fraction of sp³-hybridized carbons (Fsp3) is 0.600. The molecule has 0 bridgehead atoms. The summed E-state index contributed by atoms with van der Waals surface area (Å²) in [6.45, 7) is 7.59. The van der Waals surface area contributed by atoms with Crippen LogP contribution in [0.4, 0.5) is 4.39 Å². The first-order chi connectivity index (χ1) is 8.15. The second-order valence-corrected chi connectivity index (χ2v) is 5.28. The molecule has 1 aromatic carbocycles. The van der Waals surface area contributed by atoms with Gasteiger partial charge in [-0.3, -0.25) is 0 Å². The molecule has 0 radical (unpaired) electrons. The van der Waals surface area contributed by atoms with Gasteiger partial charge in [-0.15, -0.1) is 0 Å². The highest BCUT2D eigenvalue weighted by atomic mass is 19.1. The van der Waals surface area contributed by atoms with E-state index in [4.69, 9.17) is 0 Å². The van der Waals surface area contributed by atoms with E-state index < -0.39 is 0 Å². The lowest BCUT2D eigenvalue weighted by molar-refractivity contribution is 0.345. The van der Waals surface area contributed by atoms with Gasteiger partial charge in [0.05, 0.1) is 0 Å². The summed E-state index contributed by atoms with van der Waals surface area (Å²) in [5.74, 6) is 1.03. The highest BCUT2D eigenvalue weighted by Crippen LogP contribution is 2.38. The molecule has 0 fully saturated rings. The minimum Gasteiger partial charge on any atom is -0.313 e. The molecule has 0 saturated heterocycles. The molecule has 1 aliphatic carbocycles. The van der Waals surface area contributed by atoms with E-state index in [0.717, 1.165) is 24.9 Å². The largest absolute Gasteiger partial charge is 0.313 e. The number of benzene rings is 1. The standard InChI is InChI=1S/C15H22FN/c1-4-17-15(10(2)3)13-9-8-12-11(13)6-5-7-14(12)16/h5-7,10,13,15,17H,4,8-9H2,1-3H3. The van der Waals surface area contributed by atoms with E-state index in [-0.39, 0.29) is 5.82 Å². The Labute approximate surface area is 103 Å². The van der Waals surface area contributed by atoms with Gasteiger partial charge in [-0.2, -0.15) is 0 Å². The molecule has 0 heterocycles. The van der Waals surface area contributed by atoms with E-state index in [1.165, 1.54) is 5.56 Å². The molecule has 0 aliphatic heterocycles. The van der Waals surface area contributed by atoms with Crippen LogP contribution in [0.2, 0.25) is 0 Å². The molecule has 94 valence electrons. The highest BCUT2D eigenvalue weighted by molar-refractivity contribution is 5.37. The van der Waals surface area contributed by atoms with Crippen LogP contribution in [-0.2, 0) is 6.42 Å². The Kier molecular flexibility index (Phi) is 3.82. The van der Waals surface area contributed by atoms with Crippen molar-refractivity contribution in [2.45, 2.75) is 45.6 Å². The number of nitrogens with one attached hydrogen (secondary N) is 1. The highest BCUT2D eigenvalue weighted by Gasteiger charge is 2.32. The fourth-order valence-electron chi connectivity index (χ4n) is 3.09. The Morgan fingerprint density at radius 2 is 2.18 bits per heavy atom. The molecule has 0 amide bonds. The quantitative estimate of drug-likeness (QED) is 0.842. The molecule has 2 atom stereocenters. The second-order valence-electron chi connectivity index (χ2n) is 5.28. The van der Waals surface area contributed by atoms with Gasteiger partial charge in [0.15, 0.2) is 0 Å². The first-order valence-corrected chi connectivity index (χ1v) is 6.65. The summed E-state index contributed by atoms with van der Waals surface area (Å²) in [5, 5.41) is 3.56. The Bertz CT molecular complexity index is 387. The van der Waals surface area contributed by atoms with Crippen molar-refractivity contribution in [3.8, 4) is 0 Å². The lowest BCUT2D eigenvalue weighted by atomic mass is 9.86. The van der Waals surface area contributed by atoms with Crippen molar-refractivity contribution < 1.29 is 4.39 Å². The average molecular weight is 235 g/mol. The minimum absolute atomic E-state index is 0.0241. The van der Waals surface area contributed by atoms with Gasteiger partial charge in [-0.1, -0.05) is 32.9 Å². The Morgan fingerprint density at radius 3 is 2.82 bits per heavy atom. The summed E-state index contributed by atoms with van der Waals surface area (Å²) in [6, 6.07) is 5.99. The molecule has 2 heteroatoms. The van der Waals surface area contributed by atoms with Gasteiger partial charge < -0.3 is 5.32 Å². The van der Waals surface area contributed by atoms with Gasteiger partial charge in [0.2, 0.25) is 0 Å². The Hall–Kier alpha value is -0.890. The van der Waals surface area contributed by atoms with Crippen molar-refractivity contribution in [3.63, 3.8) is 0 Å². The molecule has 0 spiro atoms. The first kappa shape index (κ1) is 12.6. The number of hydrogen-bond donors (Lipinski definition) is 1. The third-order valence-corrected chi connectivity index (χ3v) is 3.85. The maximum absolute atomic E-state index is 13.7. The van der Waals surface area contributed by atoms with Gasteiger partial charge >= 0.3 is 0 Å². The summed E-state index contributed by atoms with van der Waals surface area (Å²) in [5.41, 5.74) is 2.17. The maximum Gasteiger partial charge on any atom is 0.126 e. The predicted molar refractivity (Wildman–Crippen MR) is 69.8 cm³/mol. The first-order valence-electron chi connectivity index (χ1n) is 6.65. The van der Waals surface area contributed by atoms with Crippen LogP contribution in [0.1, 0.15) is 44.2 Å². The van der Waals surface area contributed by atoms with Gasteiger partial charge in [0.25, 0.3) is 0 Å². The molecule has 2 rings (SSSR count). The smallest absolute Gasteiger partial charge is 0.126 e. The molecule has 1 N–H and O–H groups in total. The van der Waals surface area contributed by atoms with Crippen molar-refractivity contribution in [2.24, 2.45) is 5.92 Å². The summed E-state index contributed by atoms with van der Waals surface area (Å²) >= 11 is 0. The zero-order valence-corrected chi connectivity index (χ0v) is 11.0. The SMILES string of the molecule is CCNC(C(C)C)C1CCc2c(F)cccc21. The summed E-state index contributed by atoms with van der Waals surface area (Å²) in [4.78, 5) is 0. The number of likely N-dealkylation sites (N-methyl/N-ethyl adjacent to an activating group) is 1. The van der Waals surface area contributed by atoms with E-state index >= 15 is 0 Å². The third kappa shape index (κ3) is 2.37. The van der Waals surface area contributed by atoms with E-state index in [1.807, 2.05) is 6.07 Å². The molecular weight excluding hydrogens is 213 g/mol. The molecule has 2 unspecified atom stereocenters. The van der Waals surface area contributed by atoms with E-state index in [0.29, 0.717) is 17.9 Å². The maximum atomic E-state index is 13.7. The van der Waals surface area contributed by atoms with Crippen LogP contribution in [0, 0.1) is 11.7 Å². The van der Waals surface area contributed by atoms with Crippen LogP contribution >= 0.6 is 0 Å². The Balaban J connectivity index is 2.28. The van der Waals surface area contributed by atoms with Crippen LogP contribution in [0.5, 0.6) is 0 Å². The lowest BCUT2D eigenvalue weighted by Crippen LogP contribution is -2.38. The third-order valence-electron chi connectivity index (χ3n) is 3.85. The van der Waals surface area contributed by atoms with Gasteiger partial charge in [-0.25, -0.2) is 4.39 Å². The van der Waals surface area contributed by atoms with Gasteiger partial charge in [0, 0.05) is 12.0 Å². The van der Waals surface area contributed by atoms with Crippen molar-refractivity contribution in [2.75, 3.05) is 6.54 Å². The van der Waals surface area contributed by atoms with Crippen molar-refractivity contribution in [3.05, 3.63) is 35.1 Å². The normalized spacial score (nSPS) is 20.6. The predicted octanol–water partition coefficient (Wildman–Crippen LogP) is 3.49. The zero-order valence-electron chi connectivity index (χ0n) is 11.0. The number of rotatable bonds is 4. The summed E-state index contributed by atoms with van der Waals surface area (Å²) in [7, 11) is 0.